The van der Waals surface area contributed by atoms with Gasteiger partial charge in [0.25, 0.3) is 5.91 Å². The molecule has 2 amide bonds. The van der Waals surface area contributed by atoms with Gasteiger partial charge in [-0.25, -0.2) is 0 Å². The van der Waals surface area contributed by atoms with Crippen LogP contribution in [-0.2, 0) is 11.3 Å². The van der Waals surface area contributed by atoms with Crippen LogP contribution in [0.4, 0.5) is 0 Å². The number of amides is 2. The average Bonchev–Trinajstić information content (AvgIpc) is 3.23. The van der Waals surface area contributed by atoms with E-state index in [0.717, 1.165) is 30.8 Å². The van der Waals surface area contributed by atoms with E-state index in [1.54, 1.807) is 11.7 Å². The summed E-state index contributed by atoms with van der Waals surface area (Å²) in [6.07, 6.45) is 3.48. The van der Waals surface area contributed by atoms with E-state index >= 15 is 0 Å². The molecule has 7 heteroatoms. The predicted octanol–water partition coefficient (Wildman–Crippen LogP) is 2.15. The second kappa shape index (κ2) is 6.87. The van der Waals surface area contributed by atoms with E-state index in [0.29, 0.717) is 11.4 Å². The molecule has 0 bridgehead atoms. The van der Waals surface area contributed by atoms with Crippen molar-refractivity contribution in [3.8, 4) is 0 Å². The van der Waals surface area contributed by atoms with Gasteiger partial charge in [-0.2, -0.15) is 0 Å². The zero-order chi connectivity index (χ0) is 16.2. The first-order chi connectivity index (χ1) is 11.1. The fourth-order valence-corrected chi connectivity index (χ4v) is 3.35. The van der Waals surface area contributed by atoms with Crippen LogP contribution in [0.5, 0.6) is 0 Å². The van der Waals surface area contributed by atoms with Crippen LogP contribution in [0, 0.1) is 0 Å². The molecule has 0 spiro atoms. The van der Waals surface area contributed by atoms with Gasteiger partial charge in [0.1, 0.15) is 4.88 Å². The molecule has 1 fully saturated rings. The highest BCUT2D eigenvalue weighted by molar-refractivity contribution is 7.11. The van der Waals surface area contributed by atoms with Crippen molar-refractivity contribution in [1.29, 1.82) is 0 Å². The maximum absolute atomic E-state index is 12.6. The number of aromatic nitrogens is 2. The topological polar surface area (TPSA) is 75.2 Å². The highest BCUT2D eigenvalue weighted by Crippen LogP contribution is 2.32. The molecular formula is C16H18N4O2S. The lowest BCUT2D eigenvalue weighted by Crippen LogP contribution is -2.30. The molecule has 2 aromatic heterocycles. The van der Waals surface area contributed by atoms with Gasteiger partial charge < -0.3 is 10.2 Å². The summed E-state index contributed by atoms with van der Waals surface area (Å²) in [4.78, 5) is 34.8. The second-order valence-corrected chi connectivity index (χ2v) is 6.37. The third-order valence-electron chi connectivity index (χ3n) is 3.84. The molecule has 1 aliphatic rings. The summed E-state index contributed by atoms with van der Waals surface area (Å²) in [5.74, 6) is -0.0656. The van der Waals surface area contributed by atoms with E-state index in [1.165, 1.54) is 18.3 Å². The first-order valence-corrected chi connectivity index (χ1v) is 8.43. The van der Waals surface area contributed by atoms with Gasteiger partial charge in [0, 0.05) is 13.5 Å². The van der Waals surface area contributed by atoms with Gasteiger partial charge in [0.05, 0.1) is 35.7 Å². The average molecular weight is 330 g/mol. The number of likely N-dealkylation sites (tertiary alicyclic amines) is 1. The van der Waals surface area contributed by atoms with Gasteiger partial charge in [0.15, 0.2) is 0 Å². The van der Waals surface area contributed by atoms with Gasteiger partial charge in [-0.15, -0.1) is 11.3 Å². The van der Waals surface area contributed by atoms with Crippen molar-refractivity contribution in [2.45, 2.75) is 32.4 Å². The zero-order valence-electron chi connectivity index (χ0n) is 12.9. The molecule has 0 aliphatic carbocycles. The van der Waals surface area contributed by atoms with Gasteiger partial charge in [-0.3, -0.25) is 19.6 Å². The van der Waals surface area contributed by atoms with Crippen LogP contribution >= 0.6 is 11.3 Å². The third-order valence-corrected chi connectivity index (χ3v) is 4.61. The fourth-order valence-electron chi connectivity index (χ4n) is 2.78. The number of hydrogen-bond acceptors (Lipinski definition) is 5. The molecule has 1 atom stereocenters. The lowest BCUT2D eigenvalue weighted by atomic mass is 10.1. The Balaban J connectivity index is 1.78. The van der Waals surface area contributed by atoms with Crippen molar-refractivity contribution in [2.75, 3.05) is 6.54 Å². The Labute approximate surface area is 138 Å². The van der Waals surface area contributed by atoms with Crippen LogP contribution in [0.25, 0.3) is 0 Å². The molecule has 0 aromatic carbocycles. The van der Waals surface area contributed by atoms with E-state index in [4.69, 9.17) is 0 Å². The summed E-state index contributed by atoms with van der Waals surface area (Å²) in [6.45, 7) is 2.62. The van der Waals surface area contributed by atoms with Crippen molar-refractivity contribution in [2.24, 2.45) is 0 Å². The number of nitrogens with one attached hydrogen (secondary N) is 1. The second-order valence-electron chi connectivity index (χ2n) is 5.49. The van der Waals surface area contributed by atoms with Crippen molar-refractivity contribution in [1.82, 2.24) is 20.2 Å². The lowest BCUT2D eigenvalue weighted by Gasteiger charge is -2.24. The predicted molar refractivity (Wildman–Crippen MR) is 86.9 cm³/mol. The summed E-state index contributed by atoms with van der Waals surface area (Å²) >= 11 is 1.36. The molecule has 120 valence electrons. The Morgan fingerprint density at radius 2 is 2.30 bits per heavy atom. The standard InChI is InChI=1S/C16H18N4O2S/c1-11(21)18-8-12-4-2-5-13(19-12)14-6-3-7-20(14)16(22)15-9-17-10-23-15/h2,4-5,9-10,14H,3,6-8H2,1H3,(H,18,21). The highest BCUT2D eigenvalue weighted by Gasteiger charge is 2.32. The smallest absolute Gasteiger partial charge is 0.266 e. The van der Waals surface area contributed by atoms with Crippen molar-refractivity contribution in [3.63, 3.8) is 0 Å². The number of hydrogen-bond donors (Lipinski definition) is 1. The first-order valence-electron chi connectivity index (χ1n) is 7.55. The number of carbonyl (C=O) groups excluding carboxylic acids is 2. The summed E-state index contributed by atoms with van der Waals surface area (Å²) in [5.41, 5.74) is 3.35. The Morgan fingerprint density at radius 1 is 1.43 bits per heavy atom. The first kappa shape index (κ1) is 15.6. The van der Waals surface area contributed by atoms with E-state index in [9.17, 15) is 9.59 Å². The minimum absolute atomic E-state index is 0.0121. The third kappa shape index (κ3) is 3.56. The Hall–Kier alpha value is -2.28. The number of nitrogens with zero attached hydrogens (tertiary/aromatic N) is 3. The molecule has 3 rings (SSSR count). The van der Waals surface area contributed by atoms with Crippen molar-refractivity contribution in [3.05, 3.63) is 46.2 Å². The normalized spacial score (nSPS) is 17.3. The van der Waals surface area contributed by atoms with Gasteiger partial charge >= 0.3 is 0 Å². The zero-order valence-corrected chi connectivity index (χ0v) is 13.7. The van der Waals surface area contributed by atoms with Gasteiger partial charge in [0.2, 0.25) is 5.91 Å². The Kier molecular flexibility index (Phi) is 4.66. The molecule has 1 N–H and O–H groups in total. The minimum atomic E-state index is -0.0833. The summed E-state index contributed by atoms with van der Waals surface area (Å²) in [6, 6.07) is 5.73. The molecule has 1 aliphatic heterocycles. The lowest BCUT2D eigenvalue weighted by molar-refractivity contribution is -0.119. The molecule has 0 saturated carbocycles. The fraction of sp³-hybridized carbons (Fsp3) is 0.375. The summed E-state index contributed by atoms with van der Waals surface area (Å²) in [7, 11) is 0. The number of rotatable bonds is 4. The van der Waals surface area contributed by atoms with Crippen LogP contribution in [0.3, 0.4) is 0 Å². The molecule has 0 radical (unpaired) electrons. The van der Waals surface area contributed by atoms with Gasteiger partial charge in [-0.05, 0) is 25.0 Å². The van der Waals surface area contributed by atoms with Crippen LogP contribution < -0.4 is 5.32 Å². The molecule has 2 aromatic rings. The van der Waals surface area contributed by atoms with E-state index in [1.807, 2.05) is 23.1 Å². The van der Waals surface area contributed by atoms with Crippen LogP contribution in [0.15, 0.2) is 29.9 Å². The molecule has 3 heterocycles. The molecule has 1 saturated heterocycles. The monoisotopic (exact) mass is 330 g/mol. The SMILES string of the molecule is CC(=O)NCc1cccc(C2CCCN2C(=O)c2cncs2)n1. The van der Waals surface area contributed by atoms with E-state index in [2.05, 4.69) is 15.3 Å². The number of carbonyl (C=O) groups is 2. The molecule has 23 heavy (non-hydrogen) atoms. The quantitative estimate of drug-likeness (QED) is 0.932. The number of pyridine rings is 1. The molecule has 1 unspecified atom stereocenters. The van der Waals surface area contributed by atoms with Gasteiger partial charge in [-0.1, -0.05) is 6.07 Å². The van der Waals surface area contributed by atoms with Crippen LogP contribution in [0.2, 0.25) is 0 Å². The van der Waals surface area contributed by atoms with Crippen molar-refractivity contribution >= 4 is 23.2 Å². The Morgan fingerprint density at radius 3 is 3.04 bits per heavy atom. The van der Waals surface area contributed by atoms with Crippen molar-refractivity contribution < 1.29 is 9.59 Å². The van der Waals surface area contributed by atoms with Crippen LogP contribution in [-0.4, -0.2) is 33.2 Å². The minimum Gasteiger partial charge on any atom is -0.351 e. The summed E-state index contributed by atoms with van der Waals surface area (Å²) < 4.78 is 0. The molecular weight excluding hydrogens is 312 g/mol. The molecule has 6 nitrogen and oxygen atoms in total. The summed E-state index contributed by atoms with van der Waals surface area (Å²) in [5, 5.41) is 2.75. The maximum atomic E-state index is 12.6. The van der Waals surface area contributed by atoms with E-state index in [-0.39, 0.29) is 17.9 Å². The Bertz CT molecular complexity index is 702. The van der Waals surface area contributed by atoms with Crippen LogP contribution in [0.1, 0.15) is 46.9 Å². The largest absolute Gasteiger partial charge is 0.351 e. The highest BCUT2D eigenvalue weighted by atomic mass is 32.1. The van der Waals surface area contributed by atoms with E-state index < -0.39 is 0 Å². The number of thiazole rings is 1. The maximum Gasteiger partial charge on any atom is 0.266 e.